The van der Waals surface area contributed by atoms with Crippen molar-refractivity contribution in [3.05, 3.63) is 42.0 Å². The van der Waals surface area contributed by atoms with Gasteiger partial charge in [0, 0.05) is 66.1 Å². The summed E-state index contributed by atoms with van der Waals surface area (Å²) in [6.07, 6.45) is 4.20. The first-order chi connectivity index (χ1) is 17.4. The maximum atomic E-state index is 14.5. The second-order valence-electron chi connectivity index (χ2n) is 11.0. The summed E-state index contributed by atoms with van der Waals surface area (Å²) in [6, 6.07) is 4.88. The molecule has 0 aliphatic carbocycles. The minimum absolute atomic E-state index is 0.117. The van der Waals surface area contributed by atoms with Crippen LogP contribution in [0.5, 0.6) is 0 Å². The molecule has 37 heavy (non-hydrogen) atoms. The van der Waals surface area contributed by atoms with Crippen LogP contribution >= 0.6 is 0 Å². The fourth-order valence-electron chi connectivity index (χ4n) is 4.53. The Hall–Kier alpha value is -3.27. The van der Waals surface area contributed by atoms with Crippen LogP contribution in [0.1, 0.15) is 59.9 Å². The minimum atomic E-state index is -0.462. The smallest absolute Gasteiger partial charge is 0.410 e. The number of halogens is 1. The van der Waals surface area contributed by atoms with Crippen molar-refractivity contribution < 1.29 is 23.9 Å². The molecule has 1 N–H and O–H groups in total. The quantitative estimate of drug-likeness (QED) is 0.418. The molecule has 0 unspecified atom stereocenters. The van der Waals surface area contributed by atoms with E-state index in [1.807, 2.05) is 46.4 Å². The molecule has 1 aliphatic heterocycles. The molecule has 0 atom stereocenters. The van der Waals surface area contributed by atoms with Crippen molar-refractivity contribution in [2.45, 2.75) is 72.1 Å². The molecular formula is C27H38FN5O4. The average molecular weight is 516 g/mol. The molecule has 0 radical (unpaired) electrons. The molecule has 9 nitrogen and oxygen atoms in total. The van der Waals surface area contributed by atoms with Crippen molar-refractivity contribution in [1.29, 1.82) is 0 Å². The predicted molar refractivity (Wildman–Crippen MR) is 141 cm³/mol. The lowest BCUT2D eigenvalue weighted by Gasteiger charge is -2.44. The van der Waals surface area contributed by atoms with Crippen LogP contribution in [0.4, 0.5) is 15.1 Å². The number of anilines is 1. The molecule has 1 aromatic heterocycles. The number of nitrogens with zero attached hydrogens (tertiary/aromatic N) is 5. The van der Waals surface area contributed by atoms with Crippen molar-refractivity contribution >= 4 is 17.8 Å². The highest BCUT2D eigenvalue weighted by atomic mass is 19.1. The molecule has 1 aliphatic rings. The maximum Gasteiger partial charge on any atom is 0.410 e. The van der Waals surface area contributed by atoms with E-state index in [2.05, 4.69) is 15.1 Å². The van der Waals surface area contributed by atoms with Gasteiger partial charge in [-0.1, -0.05) is 23.4 Å². The Morgan fingerprint density at radius 1 is 1.08 bits per heavy atom. The highest BCUT2D eigenvalue weighted by Crippen LogP contribution is 2.26. The fraction of sp³-hybridized carbons (Fsp3) is 0.556. The van der Waals surface area contributed by atoms with E-state index in [1.54, 1.807) is 35.5 Å². The van der Waals surface area contributed by atoms with Gasteiger partial charge in [0.25, 0.3) is 0 Å². The highest BCUT2D eigenvalue weighted by molar-refractivity contribution is 5.86. The van der Waals surface area contributed by atoms with Crippen LogP contribution in [0.15, 0.2) is 35.7 Å². The number of carbonyl (C=O) groups is 1. The molecular weight excluding hydrogens is 477 g/mol. The third kappa shape index (κ3) is 7.38. The van der Waals surface area contributed by atoms with Crippen LogP contribution in [0.2, 0.25) is 0 Å². The SMILES string of the molecule is CC(C)(C)N(C(=O)OCCON=C1CCN(c2ncc(-c3cccc(CO)c3F)cn2)CC1)C(C)(C)C. The Balaban J connectivity index is 1.46. The van der Waals surface area contributed by atoms with Crippen molar-refractivity contribution in [2.24, 2.45) is 5.16 Å². The molecule has 2 heterocycles. The number of hydrogen-bond acceptors (Lipinski definition) is 8. The van der Waals surface area contributed by atoms with Crippen molar-refractivity contribution in [3.63, 3.8) is 0 Å². The summed E-state index contributed by atoms with van der Waals surface area (Å²) in [5.74, 6) is 0.104. The van der Waals surface area contributed by atoms with Crippen LogP contribution in [0, 0.1) is 5.82 Å². The largest absolute Gasteiger partial charge is 0.446 e. The number of carbonyl (C=O) groups excluding carboxylic acids is 1. The second-order valence-corrected chi connectivity index (χ2v) is 11.0. The van der Waals surface area contributed by atoms with Gasteiger partial charge in [-0.3, -0.25) is 4.90 Å². The van der Waals surface area contributed by atoms with E-state index >= 15 is 0 Å². The summed E-state index contributed by atoms with van der Waals surface area (Å²) >= 11 is 0. The first-order valence-electron chi connectivity index (χ1n) is 12.5. The van der Waals surface area contributed by atoms with E-state index in [0.29, 0.717) is 43.0 Å². The first kappa shape index (κ1) is 28.3. The Morgan fingerprint density at radius 3 is 2.27 bits per heavy atom. The molecule has 0 saturated carbocycles. The Bertz CT molecular complexity index is 1070. The molecule has 2 aromatic rings. The van der Waals surface area contributed by atoms with Crippen LogP contribution in [0.25, 0.3) is 11.1 Å². The number of benzene rings is 1. The van der Waals surface area contributed by atoms with Gasteiger partial charge in [-0.25, -0.2) is 19.2 Å². The number of aromatic nitrogens is 2. The van der Waals surface area contributed by atoms with E-state index in [1.165, 1.54) is 0 Å². The molecule has 1 amide bonds. The van der Waals surface area contributed by atoms with Gasteiger partial charge in [0.15, 0.2) is 6.61 Å². The topological polar surface area (TPSA) is 100 Å². The first-order valence-corrected chi connectivity index (χ1v) is 12.5. The maximum absolute atomic E-state index is 14.5. The van der Waals surface area contributed by atoms with Crippen molar-refractivity contribution in [1.82, 2.24) is 14.9 Å². The molecule has 0 spiro atoms. The van der Waals surface area contributed by atoms with E-state index in [4.69, 9.17) is 9.57 Å². The van der Waals surface area contributed by atoms with Crippen LogP contribution < -0.4 is 4.90 Å². The molecule has 10 heteroatoms. The number of amides is 1. The monoisotopic (exact) mass is 515 g/mol. The molecule has 1 fully saturated rings. The third-order valence-corrected chi connectivity index (χ3v) is 5.94. The molecule has 3 rings (SSSR count). The molecule has 0 bridgehead atoms. The van der Waals surface area contributed by atoms with Crippen LogP contribution in [-0.4, -0.2) is 69.2 Å². The van der Waals surface area contributed by atoms with Gasteiger partial charge in [0.1, 0.15) is 12.4 Å². The fourth-order valence-corrected chi connectivity index (χ4v) is 4.53. The Labute approximate surface area is 218 Å². The number of aliphatic hydroxyl groups excluding tert-OH is 1. The summed E-state index contributed by atoms with van der Waals surface area (Å²) < 4.78 is 19.9. The summed E-state index contributed by atoms with van der Waals surface area (Å²) in [7, 11) is 0. The van der Waals surface area contributed by atoms with Crippen molar-refractivity contribution in [3.8, 4) is 11.1 Å². The standard InChI is InChI=1S/C27H38FN5O4/c1-26(2,3)33(27(4,5)6)25(35)36-14-15-37-31-21-10-12-32(13-11-21)24-29-16-20(17-30-24)22-9-7-8-19(18-34)23(22)28/h7-9,16-17,34H,10-15,18H2,1-6H3. The highest BCUT2D eigenvalue weighted by Gasteiger charge is 2.36. The van der Waals surface area contributed by atoms with Gasteiger partial charge in [-0.15, -0.1) is 0 Å². The predicted octanol–water partition coefficient (Wildman–Crippen LogP) is 4.78. The Morgan fingerprint density at radius 2 is 1.70 bits per heavy atom. The second kappa shape index (κ2) is 11.9. The average Bonchev–Trinajstić information content (AvgIpc) is 2.83. The van der Waals surface area contributed by atoms with E-state index < -0.39 is 5.82 Å². The third-order valence-electron chi connectivity index (χ3n) is 5.94. The van der Waals surface area contributed by atoms with E-state index in [9.17, 15) is 14.3 Å². The lowest BCUT2D eigenvalue weighted by Crippen LogP contribution is -2.55. The number of ether oxygens (including phenoxy) is 1. The van der Waals surface area contributed by atoms with Gasteiger partial charge in [-0.2, -0.15) is 0 Å². The van der Waals surface area contributed by atoms with Crippen LogP contribution in [-0.2, 0) is 16.2 Å². The normalized spacial score (nSPS) is 14.4. The van der Waals surface area contributed by atoms with Gasteiger partial charge >= 0.3 is 6.09 Å². The minimum Gasteiger partial charge on any atom is -0.446 e. The molecule has 1 saturated heterocycles. The zero-order valence-corrected chi connectivity index (χ0v) is 22.6. The van der Waals surface area contributed by atoms with Gasteiger partial charge in [0.05, 0.1) is 12.3 Å². The van der Waals surface area contributed by atoms with Gasteiger partial charge < -0.3 is 19.6 Å². The van der Waals surface area contributed by atoms with Gasteiger partial charge in [-0.05, 0) is 41.5 Å². The number of hydrogen-bond donors (Lipinski definition) is 1. The summed E-state index contributed by atoms with van der Waals surface area (Å²) in [4.78, 5) is 30.6. The summed E-state index contributed by atoms with van der Waals surface area (Å²) in [5, 5.41) is 13.5. The van der Waals surface area contributed by atoms with E-state index in [-0.39, 0.29) is 42.6 Å². The number of piperidine rings is 1. The van der Waals surface area contributed by atoms with Crippen LogP contribution in [0.3, 0.4) is 0 Å². The van der Waals surface area contributed by atoms with E-state index in [0.717, 1.165) is 5.71 Å². The lowest BCUT2D eigenvalue weighted by atomic mass is 9.97. The zero-order chi connectivity index (χ0) is 27.2. The number of rotatable bonds is 7. The zero-order valence-electron chi connectivity index (χ0n) is 22.6. The van der Waals surface area contributed by atoms with Crippen molar-refractivity contribution in [2.75, 3.05) is 31.2 Å². The number of aliphatic hydroxyl groups is 1. The molecule has 202 valence electrons. The molecule has 1 aromatic carbocycles. The summed E-state index contributed by atoms with van der Waals surface area (Å²) in [5.41, 5.74) is 1.34. The number of oxime groups is 1. The van der Waals surface area contributed by atoms with Gasteiger partial charge in [0.2, 0.25) is 5.95 Å². The Kier molecular flexibility index (Phi) is 9.07. The lowest BCUT2D eigenvalue weighted by molar-refractivity contribution is 0.00635. The summed E-state index contributed by atoms with van der Waals surface area (Å²) in [6.45, 7) is 13.2.